The maximum atomic E-state index is 10.4. The Labute approximate surface area is 109 Å². The Bertz CT molecular complexity index is 379. The third kappa shape index (κ3) is 0.981. The fourth-order valence-electron chi connectivity index (χ4n) is 6.10. The van der Waals surface area contributed by atoms with Gasteiger partial charge in [0.1, 0.15) is 5.60 Å². The van der Waals surface area contributed by atoms with E-state index in [1.165, 1.54) is 6.42 Å². The first-order valence-electron chi connectivity index (χ1n) is 7.44. The van der Waals surface area contributed by atoms with Gasteiger partial charge in [-0.1, -0.05) is 20.8 Å². The summed E-state index contributed by atoms with van der Waals surface area (Å²) in [6.45, 7) is 7.66. The average Bonchev–Trinajstić information content (AvgIpc) is 3.02. The molecule has 102 valence electrons. The highest BCUT2D eigenvalue weighted by Crippen LogP contribution is 2.76. The predicted molar refractivity (Wildman–Crippen MR) is 66.8 cm³/mol. The third-order valence-corrected chi connectivity index (χ3v) is 6.96. The first-order chi connectivity index (χ1) is 8.44. The molecule has 3 aliphatic carbocycles. The van der Waals surface area contributed by atoms with Crippen molar-refractivity contribution in [1.29, 1.82) is 0 Å². The summed E-state index contributed by atoms with van der Waals surface area (Å²) in [4.78, 5) is 0. The van der Waals surface area contributed by atoms with Crippen LogP contribution in [-0.4, -0.2) is 34.6 Å². The van der Waals surface area contributed by atoms with Crippen LogP contribution in [0.2, 0.25) is 0 Å². The highest BCUT2D eigenvalue weighted by molar-refractivity contribution is 5.30. The number of hydrogen-bond acceptors (Lipinski definition) is 3. The van der Waals surface area contributed by atoms with E-state index in [2.05, 4.69) is 20.8 Å². The molecule has 4 aliphatic rings. The number of rotatable bonds is 1. The van der Waals surface area contributed by atoms with Crippen LogP contribution in [0.1, 0.15) is 33.6 Å². The Morgan fingerprint density at radius 1 is 1.17 bits per heavy atom. The second-order valence-corrected chi connectivity index (χ2v) is 7.65. The zero-order valence-electron chi connectivity index (χ0n) is 11.5. The van der Waals surface area contributed by atoms with Gasteiger partial charge in [0.25, 0.3) is 0 Å². The Morgan fingerprint density at radius 3 is 2.33 bits per heavy atom. The molecule has 0 aromatic heterocycles. The van der Waals surface area contributed by atoms with E-state index in [1.807, 2.05) is 0 Å². The van der Waals surface area contributed by atoms with Crippen LogP contribution >= 0.6 is 0 Å². The zero-order valence-corrected chi connectivity index (χ0v) is 11.5. The lowest BCUT2D eigenvalue weighted by Crippen LogP contribution is -2.53. The Balaban J connectivity index is 1.83. The lowest BCUT2D eigenvalue weighted by molar-refractivity contribution is -0.107. The van der Waals surface area contributed by atoms with Gasteiger partial charge in [0.05, 0.1) is 18.8 Å². The van der Waals surface area contributed by atoms with Crippen molar-refractivity contribution in [3.63, 3.8) is 0 Å². The molecule has 0 aromatic carbocycles. The maximum absolute atomic E-state index is 10.4. The predicted octanol–water partition coefficient (Wildman–Crippen LogP) is 1.43. The van der Waals surface area contributed by atoms with E-state index in [9.17, 15) is 10.2 Å². The van der Waals surface area contributed by atoms with Gasteiger partial charge in [0.2, 0.25) is 0 Å². The maximum Gasteiger partial charge on any atom is 0.103 e. The number of epoxide rings is 1. The van der Waals surface area contributed by atoms with Crippen LogP contribution in [0.25, 0.3) is 0 Å². The van der Waals surface area contributed by atoms with Gasteiger partial charge in [-0.15, -0.1) is 0 Å². The minimum absolute atomic E-state index is 0.0926. The molecule has 3 heteroatoms. The molecule has 1 spiro atoms. The largest absolute Gasteiger partial charge is 0.390 e. The SMILES string of the molecule is CC(C)[C@H]1CC[C@]2(C)[C@H]3[C@H](O)[C@H](O)[C@H]([C@@H]31)[C@@]21CO1. The van der Waals surface area contributed by atoms with Gasteiger partial charge in [0, 0.05) is 11.3 Å². The molecule has 3 nitrogen and oxygen atoms in total. The molecule has 4 fully saturated rings. The summed E-state index contributed by atoms with van der Waals surface area (Å²) in [5, 5.41) is 20.8. The second-order valence-electron chi connectivity index (χ2n) is 7.65. The summed E-state index contributed by atoms with van der Waals surface area (Å²) < 4.78 is 5.88. The lowest BCUT2D eigenvalue weighted by atomic mass is 9.59. The quantitative estimate of drug-likeness (QED) is 0.694. The van der Waals surface area contributed by atoms with E-state index in [4.69, 9.17) is 4.74 Å². The Kier molecular flexibility index (Phi) is 2.03. The van der Waals surface area contributed by atoms with Crippen LogP contribution in [0.4, 0.5) is 0 Å². The normalized spacial score (nSPS) is 65.0. The van der Waals surface area contributed by atoms with E-state index in [0.29, 0.717) is 17.8 Å². The van der Waals surface area contributed by atoms with Crippen molar-refractivity contribution in [3.8, 4) is 0 Å². The first kappa shape index (κ1) is 11.7. The molecule has 1 heterocycles. The van der Waals surface area contributed by atoms with Crippen LogP contribution < -0.4 is 0 Å². The topological polar surface area (TPSA) is 53.0 Å². The van der Waals surface area contributed by atoms with Crippen LogP contribution in [0.3, 0.4) is 0 Å². The van der Waals surface area contributed by atoms with Crippen molar-refractivity contribution >= 4 is 0 Å². The minimum Gasteiger partial charge on any atom is -0.390 e. The van der Waals surface area contributed by atoms with E-state index in [0.717, 1.165) is 13.0 Å². The van der Waals surface area contributed by atoms with E-state index < -0.39 is 12.2 Å². The summed E-state index contributed by atoms with van der Waals surface area (Å²) >= 11 is 0. The number of hydrogen-bond donors (Lipinski definition) is 2. The van der Waals surface area contributed by atoms with Gasteiger partial charge in [-0.05, 0) is 36.5 Å². The molecule has 0 unspecified atom stereocenters. The molecule has 8 atom stereocenters. The number of aliphatic hydroxyl groups excluding tert-OH is 2. The molecular weight excluding hydrogens is 228 g/mol. The fourth-order valence-corrected chi connectivity index (χ4v) is 6.10. The van der Waals surface area contributed by atoms with E-state index >= 15 is 0 Å². The Morgan fingerprint density at radius 2 is 1.78 bits per heavy atom. The Hall–Kier alpha value is -0.120. The summed E-state index contributed by atoms with van der Waals surface area (Å²) in [6, 6.07) is 0. The fraction of sp³-hybridized carbons (Fsp3) is 1.00. The van der Waals surface area contributed by atoms with Crippen molar-refractivity contribution in [1.82, 2.24) is 0 Å². The molecule has 3 saturated carbocycles. The van der Waals surface area contributed by atoms with E-state index in [1.54, 1.807) is 0 Å². The van der Waals surface area contributed by atoms with Gasteiger partial charge in [-0.25, -0.2) is 0 Å². The zero-order chi connectivity index (χ0) is 12.9. The standard InChI is InChI=1S/C15H24O3/c1-7(2)8-4-5-14(3)10-9(8)11(13(17)12(10)16)15(14)6-18-15/h7-13,16-17H,4-6H2,1-3H3/t8-,9-,10-,11+,12+,13-,14-,15+/m1/s1. The van der Waals surface area contributed by atoms with Crippen molar-refractivity contribution in [3.05, 3.63) is 0 Å². The van der Waals surface area contributed by atoms with E-state index in [-0.39, 0.29) is 22.9 Å². The highest BCUT2D eigenvalue weighted by atomic mass is 16.6. The highest BCUT2D eigenvalue weighted by Gasteiger charge is 2.82. The van der Waals surface area contributed by atoms with Crippen LogP contribution in [-0.2, 0) is 4.74 Å². The number of aliphatic hydroxyl groups is 2. The molecule has 4 bridgehead atoms. The minimum atomic E-state index is -0.560. The third-order valence-electron chi connectivity index (χ3n) is 6.96. The molecule has 1 aliphatic heterocycles. The molecule has 4 rings (SSSR count). The average molecular weight is 252 g/mol. The van der Waals surface area contributed by atoms with Crippen molar-refractivity contribution in [2.24, 2.45) is 35.0 Å². The monoisotopic (exact) mass is 252 g/mol. The van der Waals surface area contributed by atoms with Crippen molar-refractivity contribution in [2.75, 3.05) is 6.61 Å². The lowest BCUT2D eigenvalue weighted by Gasteiger charge is -2.47. The molecule has 0 amide bonds. The van der Waals surface area contributed by atoms with Gasteiger partial charge in [-0.2, -0.15) is 0 Å². The van der Waals surface area contributed by atoms with Crippen LogP contribution in [0, 0.1) is 35.0 Å². The summed E-state index contributed by atoms with van der Waals surface area (Å²) in [7, 11) is 0. The number of ether oxygens (including phenoxy) is 1. The summed E-state index contributed by atoms with van der Waals surface area (Å²) in [5.41, 5.74) is 0.0109. The molecule has 0 radical (unpaired) electrons. The summed E-state index contributed by atoms with van der Waals surface area (Å²) in [6.07, 6.45) is 1.30. The van der Waals surface area contributed by atoms with Gasteiger partial charge < -0.3 is 14.9 Å². The summed E-state index contributed by atoms with van der Waals surface area (Å²) in [5.74, 6) is 2.18. The van der Waals surface area contributed by atoms with Gasteiger partial charge in [-0.3, -0.25) is 0 Å². The van der Waals surface area contributed by atoms with Crippen LogP contribution in [0.5, 0.6) is 0 Å². The van der Waals surface area contributed by atoms with Crippen LogP contribution in [0.15, 0.2) is 0 Å². The van der Waals surface area contributed by atoms with Gasteiger partial charge >= 0.3 is 0 Å². The molecule has 1 saturated heterocycles. The molecule has 0 aromatic rings. The smallest absolute Gasteiger partial charge is 0.103 e. The second kappa shape index (κ2) is 3.13. The molecular formula is C15H24O3. The van der Waals surface area contributed by atoms with Gasteiger partial charge in [0.15, 0.2) is 0 Å². The molecule has 18 heavy (non-hydrogen) atoms. The molecule has 2 N–H and O–H groups in total. The van der Waals surface area contributed by atoms with Crippen molar-refractivity contribution in [2.45, 2.75) is 51.4 Å². The first-order valence-corrected chi connectivity index (χ1v) is 7.44. The van der Waals surface area contributed by atoms with Crippen molar-refractivity contribution < 1.29 is 14.9 Å². The number of fused-ring (bicyclic) bond motifs is 2.